The van der Waals surface area contributed by atoms with Gasteiger partial charge in [0.05, 0.1) is 22.7 Å². The van der Waals surface area contributed by atoms with Gasteiger partial charge in [-0.05, 0) is 31.0 Å². The van der Waals surface area contributed by atoms with E-state index < -0.39 is 0 Å². The molecule has 3 rings (SSSR count). The van der Waals surface area contributed by atoms with Gasteiger partial charge in [-0.2, -0.15) is 0 Å². The number of unbranched alkanes of at least 4 members (excludes halogenated alkanes) is 1. The molecule has 2 amide bonds. The molecule has 0 aliphatic carbocycles. The van der Waals surface area contributed by atoms with Crippen molar-refractivity contribution in [3.05, 3.63) is 58.4 Å². The number of imide groups is 1. The van der Waals surface area contributed by atoms with Gasteiger partial charge in [-0.15, -0.1) is 24.0 Å². The largest absolute Gasteiger partial charge is 0.356 e. The molecule has 0 saturated carbocycles. The third-order valence-corrected chi connectivity index (χ3v) is 5.22. The monoisotopic (exact) mass is 543 g/mol. The van der Waals surface area contributed by atoms with E-state index in [1.54, 1.807) is 31.3 Å². The molecule has 1 aromatic heterocycles. The molecule has 9 heteroatoms. The highest BCUT2D eigenvalue weighted by molar-refractivity contribution is 14.0. The topological polar surface area (TPSA) is 69.9 Å². The third kappa shape index (κ3) is 5.34. The molecule has 7 nitrogen and oxygen atoms in total. The molecular formula is C21H27ClIN5O2. The number of aryl methyl sites for hydroxylation is 1. The summed E-state index contributed by atoms with van der Waals surface area (Å²) in [5.41, 5.74) is 2.09. The highest BCUT2D eigenvalue weighted by atomic mass is 127. The van der Waals surface area contributed by atoms with E-state index >= 15 is 0 Å². The first-order valence-corrected chi connectivity index (χ1v) is 9.98. The maximum Gasteiger partial charge on any atom is 0.261 e. The van der Waals surface area contributed by atoms with E-state index in [0.717, 1.165) is 24.5 Å². The van der Waals surface area contributed by atoms with Crippen LogP contribution in [0.25, 0.3) is 0 Å². The Morgan fingerprint density at radius 1 is 1.17 bits per heavy atom. The zero-order chi connectivity index (χ0) is 21.0. The molecule has 1 aliphatic heterocycles. The minimum atomic E-state index is -0.199. The zero-order valence-electron chi connectivity index (χ0n) is 17.4. The fourth-order valence-electron chi connectivity index (χ4n) is 3.46. The number of rotatable bonds is 7. The van der Waals surface area contributed by atoms with Gasteiger partial charge in [0, 0.05) is 46.1 Å². The van der Waals surface area contributed by atoms with Crippen LogP contribution in [0.5, 0.6) is 0 Å². The summed E-state index contributed by atoms with van der Waals surface area (Å²) in [6, 6.07) is 8.91. The quantitative estimate of drug-likeness (QED) is 0.191. The van der Waals surface area contributed by atoms with Gasteiger partial charge in [0.1, 0.15) is 0 Å². The number of fused-ring (bicyclic) bond motifs is 1. The fraction of sp³-hybridized carbons (Fsp3) is 0.381. The number of guanidine groups is 1. The molecule has 0 spiro atoms. The molecule has 1 aromatic carbocycles. The molecule has 2 heterocycles. The molecule has 0 saturated heterocycles. The number of nitrogens with one attached hydrogen (secondary N) is 1. The van der Waals surface area contributed by atoms with Crippen molar-refractivity contribution in [2.75, 3.05) is 27.2 Å². The van der Waals surface area contributed by atoms with Gasteiger partial charge in [0.25, 0.3) is 11.8 Å². The number of benzene rings is 1. The van der Waals surface area contributed by atoms with Gasteiger partial charge in [0.2, 0.25) is 0 Å². The molecule has 0 radical (unpaired) electrons. The van der Waals surface area contributed by atoms with Crippen molar-refractivity contribution in [1.29, 1.82) is 0 Å². The van der Waals surface area contributed by atoms with E-state index in [4.69, 9.17) is 11.6 Å². The number of hydrogen-bond acceptors (Lipinski definition) is 3. The molecule has 2 aromatic rings. The number of hydrogen-bond donors (Lipinski definition) is 1. The minimum Gasteiger partial charge on any atom is -0.356 e. The summed E-state index contributed by atoms with van der Waals surface area (Å²) in [5.74, 6) is 0.383. The number of halogens is 2. The standard InChI is InChI=1S/C21H26ClN5O2.HI/c1-23-21(26(3)14-16-12-15(22)13-25(16)2)24-10-6-7-11-27-19(28)17-8-4-5-9-18(17)20(27)29;/h4-5,8-9,12-13H,6-7,10-11,14H2,1-3H3,(H,23,24);1H. The van der Waals surface area contributed by atoms with E-state index in [1.807, 2.05) is 35.8 Å². The predicted molar refractivity (Wildman–Crippen MR) is 130 cm³/mol. The Hall–Kier alpha value is -2.07. The first-order valence-electron chi connectivity index (χ1n) is 9.60. The van der Waals surface area contributed by atoms with Gasteiger partial charge < -0.3 is 14.8 Å². The summed E-state index contributed by atoms with van der Waals surface area (Å²) < 4.78 is 1.99. The van der Waals surface area contributed by atoms with Crippen molar-refractivity contribution in [2.45, 2.75) is 19.4 Å². The van der Waals surface area contributed by atoms with Crippen LogP contribution in [0, 0.1) is 0 Å². The van der Waals surface area contributed by atoms with Crippen molar-refractivity contribution >= 4 is 53.4 Å². The summed E-state index contributed by atoms with van der Waals surface area (Å²) in [6.45, 7) is 1.80. The average molecular weight is 544 g/mol. The molecule has 0 bridgehead atoms. The average Bonchev–Trinajstić information content (AvgIpc) is 3.14. The lowest BCUT2D eigenvalue weighted by atomic mass is 10.1. The SMILES string of the molecule is CN=C(NCCCCN1C(=O)c2ccccc2C1=O)N(C)Cc1cc(Cl)cn1C.I. The maximum absolute atomic E-state index is 12.4. The van der Waals surface area contributed by atoms with Crippen LogP contribution in [0.2, 0.25) is 5.02 Å². The minimum absolute atomic E-state index is 0. The van der Waals surface area contributed by atoms with Crippen LogP contribution < -0.4 is 5.32 Å². The van der Waals surface area contributed by atoms with Crippen LogP contribution in [0.1, 0.15) is 39.3 Å². The zero-order valence-corrected chi connectivity index (χ0v) is 20.5. The number of aromatic nitrogens is 1. The highest BCUT2D eigenvalue weighted by Crippen LogP contribution is 2.22. The molecule has 162 valence electrons. The van der Waals surface area contributed by atoms with E-state index in [2.05, 4.69) is 10.3 Å². The van der Waals surface area contributed by atoms with Crippen molar-refractivity contribution < 1.29 is 9.59 Å². The molecule has 0 unspecified atom stereocenters. The Morgan fingerprint density at radius 3 is 2.33 bits per heavy atom. The van der Waals surface area contributed by atoms with Gasteiger partial charge in [-0.1, -0.05) is 23.7 Å². The van der Waals surface area contributed by atoms with E-state index in [1.165, 1.54) is 4.90 Å². The van der Waals surface area contributed by atoms with Crippen LogP contribution in [0.4, 0.5) is 0 Å². The third-order valence-electron chi connectivity index (χ3n) is 5.02. The number of nitrogens with zero attached hydrogens (tertiary/aromatic N) is 4. The molecule has 30 heavy (non-hydrogen) atoms. The lowest BCUT2D eigenvalue weighted by molar-refractivity contribution is 0.0652. The first kappa shape index (κ1) is 24.2. The van der Waals surface area contributed by atoms with Crippen LogP contribution in [0.15, 0.2) is 41.5 Å². The molecule has 0 fully saturated rings. The van der Waals surface area contributed by atoms with Gasteiger partial charge in [0.15, 0.2) is 5.96 Å². The Kier molecular flexibility index (Phi) is 8.72. The summed E-state index contributed by atoms with van der Waals surface area (Å²) in [5, 5.41) is 4.04. The normalized spacial score (nSPS) is 13.3. The lowest BCUT2D eigenvalue weighted by Crippen LogP contribution is -2.39. The molecule has 1 N–H and O–H groups in total. The lowest BCUT2D eigenvalue weighted by Gasteiger charge is -2.22. The van der Waals surface area contributed by atoms with Crippen molar-refractivity contribution in [3.8, 4) is 0 Å². The smallest absolute Gasteiger partial charge is 0.261 e. The summed E-state index contributed by atoms with van der Waals surface area (Å²) in [4.78, 5) is 32.4. The first-order chi connectivity index (χ1) is 13.9. The Balaban J connectivity index is 0.00000320. The van der Waals surface area contributed by atoms with Crippen LogP contribution in [-0.2, 0) is 13.6 Å². The Bertz CT molecular complexity index is 908. The van der Waals surface area contributed by atoms with Gasteiger partial charge in [-0.25, -0.2) is 0 Å². The number of amides is 2. The maximum atomic E-state index is 12.4. The fourth-order valence-corrected chi connectivity index (χ4v) is 3.74. The number of aliphatic imine (C=N–C) groups is 1. The van der Waals surface area contributed by atoms with Crippen LogP contribution >= 0.6 is 35.6 Å². The second-order valence-electron chi connectivity index (χ2n) is 7.11. The summed E-state index contributed by atoms with van der Waals surface area (Å²) in [7, 11) is 5.68. The molecular weight excluding hydrogens is 517 g/mol. The van der Waals surface area contributed by atoms with E-state index in [9.17, 15) is 9.59 Å². The number of carbonyl (C=O) groups excluding carboxylic acids is 2. The highest BCUT2D eigenvalue weighted by Gasteiger charge is 2.34. The molecule has 0 atom stereocenters. The molecule has 1 aliphatic rings. The van der Waals surface area contributed by atoms with Crippen LogP contribution in [0.3, 0.4) is 0 Å². The second-order valence-corrected chi connectivity index (χ2v) is 7.54. The van der Waals surface area contributed by atoms with Gasteiger partial charge in [-0.3, -0.25) is 19.5 Å². The number of carbonyl (C=O) groups is 2. The van der Waals surface area contributed by atoms with Crippen molar-refractivity contribution in [2.24, 2.45) is 12.0 Å². The Morgan fingerprint density at radius 2 is 1.80 bits per heavy atom. The second kappa shape index (κ2) is 10.8. The van der Waals surface area contributed by atoms with Crippen molar-refractivity contribution in [1.82, 2.24) is 19.7 Å². The summed E-state index contributed by atoms with van der Waals surface area (Å²) in [6.07, 6.45) is 3.42. The van der Waals surface area contributed by atoms with Crippen molar-refractivity contribution in [3.63, 3.8) is 0 Å². The van der Waals surface area contributed by atoms with E-state index in [-0.39, 0.29) is 35.8 Å². The van der Waals surface area contributed by atoms with E-state index in [0.29, 0.717) is 35.8 Å². The predicted octanol–water partition coefficient (Wildman–Crippen LogP) is 3.38. The summed E-state index contributed by atoms with van der Waals surface area (Å²) >= 11 is 6.05. The van der Waals surface area contributed by atoms with Crippen LogP contribution in [-0.4, -0.2) is 59.3 Å². The Labute approximate surface area is 199 Å². The van der Waals surface area contributed by atoms with Gasteiger partial charge >= 0.3 is 0 Å².